The summed E-state index contributed by atoms with van der Waals surface area (Å²) in [6, 6.07) is 13.3. The van der Waals surface area contributed by atoms with E-state index in [4.69, 9.17) is 9.72 Å². The van der Waals surface area contributed by atoms with Crippen LogP contribution in [0.25, 0.3) is 21.5 Å². The van der Waals surface area contributed by atoms with E-state index in [2.05, 4.69) is 5.32 Å². The summed E-state index contributed by atoms with van der Waals surface area (Å²) in [6.07, 6.45) is 0. The van der Waals surface area contributed by atoms with Crippen LogP contribution in [0.5, 0.6) is 0 Å². The number of carbonyl (C=O) groups is 2. The standard InChI is InChI=1S/C23H20N2O3S2/c1-4-28-23(27)20-13(2)14(3)30-22(20)25-21(26)16-12-18(19-10-7-11-29-19)24-17-9-6-5-8-15(16)17/h5-12H,4H2,1-3H3,(H,25,26). The summed E-state index contributed by atoms with van der Waals surface area (Å²) in [4.78, 5) is 32.5. The highest BCUT2D eigenvalue weighted by atomic mass is 32.1. The molecule has 0 aliphatic rings. The first kappa shape index (κ1) is 20.3. The number of para-hydroxylation sites is 1. The minimum atomic E-state index is -0.423. The molecule has 5 nitrogen and oxygen atoms in total. The number of pyridine rings is 1. The van der Waals surface area contributed by atoms with Gasteiger partial charge in [0.05, 0.1) is 33.8 Å². The summed E-state index contributed by atoms with van der Waals surface area (Å²) >= 11 is 2.95. The molecule has 3 aromatic heterocycles. The lowest BCUT2D eigenvalue weighted by molar-refractivity contribution is 0.0527. The van der Waals surface area contributed by atoms with Gasteiger partial charge in [0.25, 0.3) is 5.91 Å². The Balaban J connectivity index is 1.78. The molecule has 7 heteroatoms. The Bertz CT molecular complexity index is 1240. The number of aromatic nitrogens is 1. The van der Waals surface area contributed by atoms with Crippen LogP contribution in [-0.4, -0.2) is 23.5 Å². The SMILES string of the molecule is CCOC(=O)c1c(NC(=O)c2cc(-c3cccs3)nc3ccccc23)sc(C)c1C. The maximum atomic E-state index is 13.3. The van der Waals surface area contributed by atoms with Crippen molar-refractivity contribution in [2.24, 2.45) is 0 Å². The van der Waals surface area contributed by atoms with Gasteiger partial charge >= 0.3 is 5.97 Å². The molecule has 152 valence electrons. The number of fused-ring (bicyclic) bond motifs is 1. The molecule has 0 spiro atoms. The topological polar surface area (TPSA) is 68.3 Å². The number of amides is 1. The van der Waals surface area contributed by atoms with Gasteiger partial charge in [-0.05, 0) is 49.9 Å². The van der Waals surface area contributed by atoms with E-state index in [0.717, 1.165) is 31.9 Å². The average Bonchev–Trinajstić information content (AvgIpc) is 3.36. The number of carbonyl (C=O) groups excluding carboxylic acids is 2. The summed E-state index contributed by atoms with van der Waals surface area (Å²) in [6.45, 7) is 5.83. The molecule has 0 aliphatic carbocycles. The summed E-state index contributed by atoms with van der Waals surface area (Å²) < 4.78 is 5.20. The third-order valence-corrected chi connectivity index (χ3v) is 6.84. The zero-order valence-corrected chi connectivity index (χ0v) is 18.4. The van der Waals surface area contributed by atoms with Crippen LogP contribution in [0, 0.1) is 13.8 Å². The van der Waals surface area contributed by atoms with Crippen molar-refractivity contribution in [3.63, 3.8) is 0 Å². The lowest BCUT2D eigenvalue weighted by Crippen LogP contribution is -2.15. The molecule has 1 aromatic carbocycles. The first-order chi connectivity index (χ1) is 14.5. The highest BCUT2D eigenvalue weighted by molar-refractivity contribution is 7.16. The van der Waals surface area contributed by atoms with E-state index < -0.39 is 5.97 Å². The first-order valence-electron chi connectivity index (χ1n) is 9.51. The quantitative estimate of drug-likeness (QED) is 0.386. The third kappa shape index (κ3) is 3.74. The van der Waals surface area contributed by atoms with Gasteiger partial charge in [-0.3, -0.25) is 4.79 Å². The number of thiophene rings is 2. The van der Waals surface area contributed by atoms with Crippen molar-refractivity contribution in [3.05, 3.63) is 69.4 Å². The molecule has 0 atom stereocenters. The predicted octanol–water partition coefficient (Wildman–Crippen LogP) is 6.07. The lowest BCUT2D eigenvalue weighted by Gasteiger charge is -2.10. The highest BCUT2D eigenvalue weighted by Crippen LogP contribution is 2.34. The molecule has 4 rings (SSSR count). The Morgan fingerprint density at radius 3 is 2.67 bits per heavy atom. The van der Waals surface area contributed by atoms with Gasteiger partial charge in [-0.25, -0.2) is 9.78 Å². The Morgan fingerprint density at radius 2 is 1.93 bits per heavy atom. The van der Waals surface area contributed by atoms with Crippen LogP contribution in [0.15, 0.2) is 47.8 Å². The summed E-state index contributed by atoms with van der Waals surface area (Å²) in [5.74, 6) is -0.702. The largest absolute Gasteiger partial charge is 0.462 e. The van der Waals surface area contributed by atoms with Crippen molar-refractivity contribution in [1.82, 2.24) is 4.98 Å². The molecule has 0 aliphatic heterocycles. The smallest absolute Gasteiger partial charge is 0.341 e. The summed E-state index contributed by atoms with van der Waals surface area (Å²) in [5.41, 5.74) is 3.26. The van der Waals surface area contributed by atoms with Crippen molar-refractivity contribution < 1.29 is 14.3 Å². The van der Waals surface area contributed by atoms with Gasteiger partial charge in [0, 0.05) is 10.3 Å². The fourth-order valence-electron chi connectivity index (χ4n) is 3.25. The third-order valence-electron chi connectivity index (χ3n) is 4.83. The monoisotopic (exact) mass is 436 g/mol. The number of nitrogens with one attached hydrogen (secondary N) is 1. The number of anilines is 1. The molecule has 0 bridgehead atoms. The second-order valence-electron chi connectivity index (χ2n) is 6.71. The predicted molar refractivity (Wildman–Crippen MR) is 123 cm³/mol. The average molecular weight is 437 g/mol. The van der Waals surface area contributed by atoms with Crippen LogP contribution in [-0.2, 0) is 4.74 Å². The van der Waals surface area contributed by atoms with E-state index in [1.807, 2.05) is 55.6 Å². The molecule has 0 radical (unpaired) electrons. The van der Waals surface area contributed by atoms with Gasteiger partial charge in [0.15, 0.2) is 0 Å². The first-order valence-corrected chi connectivity index (χ1v) is 11.2. The highest BCUT2D eigenvalue weighted by Gasteiger charge is 2.23. The Labute approximate surface area is 182 Å². The number of hydrogen-bond acceptors (Lipinski definition) is 6. The minimum Gasteiger partial charge on any atom is -0.462 e. The molecular weight excluding hydrogens is 416 g/mol. The zero-order chi connectivity index (χ0) is 21.3. The molecular formula is C23H20N2O3S2. The van der Waals surface area contributed by atoms with E-state index in [-0.39, 0.29) is 12.5 Å². The van der Waals surface area contributed by atoms with Crippen LogP contribution in [0.1, 0.15) is 38.1 Å². The van der Waals surface area contributed by atoms with Gasteiger partial charge in [0.1, 0.15) is 5.00 Å². The number of hydrogen-bond donors (Lipinski definition) is 1. The summed E-state index contributed by atoms with van der Waals surface area (Å²) in [7, 11) is 0. The van der Waals surface area contributed by atoms with Crippen molar-refractivity contribution in [3.8, 4) is 10.6 Å². The molecule has 30 heavy (non-hydrogen) atoms. The van der Waals surface area contributed by atoms with Crippen molar-refractivity contribution >= 4 is 50.5 Å². The number of aryl methyl sites for hydroxylation is 1. The van der Waals surface area contributed by atoms with Gasteiger partial charge < -0.3 is 10.1 Å². The van der Waals surface area contributed by atoms with Crippen LogP contribution in [0.2, 0.25) is 0 Å². The van der Waals surface area contributed by atoms with Crippen LogP contribution >= 0.6 is 22.7 Å². The normalized spacial score (nSPS) is 10.9. The minimum absolute atomic E-state index is 0.278. The fourth-order valence-corrected chi connectivity index (χ4v) is 4.98. The molecule has 1 N–H and O–H groups in total. The second kappa shape index (κ2) is 8.38. The van der Waals surface area contributed by atoms with Crippen molar-refractivity contribution in [2.45, 2.75) is 20.8 Å². The van der Waals surface area contributed by atoms with E-state index in [1.165, 1.54) is 11.3 Å². The van der Waals surface area contributed by atoms with Gasteiger partial charge in [-0.2, -0.15) is 0 Å². The number of rotatable bonds is 5. The zero-order valence-electron chi connectivity index (χ0n) is 16.8. The molecule has 0 saturated heterocycles. The maximum Gasteiger partial charge on any atom is 0.341 e. The van der Waals surface area contributed by atoms with E-state index in [0.29, 0.717) is 16.1 Å². The molecule has 1 amide bonds. The molecule has 0 fully saturated rings. The number of esters is 1. The van der Waals surface area contributed by atoms with Gasteiger partial charge in [-0.15, -0.1) is 22.7 Å². The number of ether oxygens (including phenoxy) is 1. The van der Waals surface area contributed by atoms with E-state index in [1.54, 1.807) is 24.3 Å². The van der Waals surface area contributed by atoms with Crippen molar-refractivity contribution in [2.75, 3.05) is 11.9 Å². The number of nitrogens with zero attached hydrogens (tertiary/aromatic N) is 1. The Morgan fingerprint density at radius 1 is 1.13 bits per heavy atom. The second-order valence-corrected chi connectivity index (χ2v) is 8.88. The van der Waals surface area contributed by atoms with E-state index >= 15 is 0 Å². The Hall–Kier alpha value is -3.03. The van der Waals surface area contributed by atoms with Gasteiger partial charge in [-0.1, -0.05) is 24.3 Å². The summed E-state index contributed by atoms with van der Waals surface area (Å²) in [5, 5.41) is 6.20. The van der Waals surface area contributed by atoms with Crippen LogP contribution in [0.4, 0.5) is 5.00 Å². The number of benzene rings is 1. The molecule has 3 heterocycles. The molecule has 0 unspecified atom stereocenters. The molecule has 0 saturated carbocycles. The van der Waals surface area contributed by atoms with Crippen LogP contribution < -0.4 is 5.32 Å². The van der Waals surface area contributed by atoms with Gasteiger partial charge in [0.2, 0.25) is 0 Å². The Kier molecular flexibility index (Phi) is 5.65. The lowest BCUT2D eigenvalue weighted by atomic mass is 10.1. The van der Waals surface area contributed by atoms with Crippen molar-refractivity contribution in [1.29, 1.82) is 0 Å². The fraction of sp³-hybridized carbons (Fsp3) is 0.174. The van der Waals surface area contributed by atoms with Crippen LogP contribution in [0.3, 0.4) is 0 Å². The molecule has 4 aromatic rings. The van der Waals surface area contributed by atoms with E-state index in [9.17, 15) is 9.59 Å². The maximum absolute atomic E-state index is 13.3.